The Kier molecular flexibility index (Phi) is 5.00. The lowest BCUT2D eigenvalue weighted by molar-refractivity contribution is -0.147. The van der Waals surface area contributed by atoms with Crippen molar-refractivity contribution >= 4 is 5.91 Å². The second-order valence-electron chi connectivity index (χ2n) is 9.51. The molecule has 0 radical (unpaired) electrons. The Morgan fingerprint density at radius 2 is 1.93 bits per heavy atom. The molecule has 6 heteroatoms. The average molecular weight is 383 g/mol. The molecule has 0 bridgehead atoms. The first-order valence-corrected chi connectivity index (χ1v) is 10.2. The molecule has 2 aliphatic heterocycles. The monoisotopic (exact) mass is 382 g/mol. The minimum absolute atomic E-state index is 0.129. The molecule has 1 aromatic heterocycles. The summed E-state index contributed by atoms with van der Waals surface area (Å²) in [6.07, 6.45) is 3.00. The van der Waals surface area contributed by atoms with Crippen molar-refractivity contribution in [3.8, 4) is 11.4 Å². The summed E-state index contributed by atoms with van der Waals surface area (Å²) in [4.78, 5) is 22.2. The van der Waals surface area contributed by atoms with Crippen molar-refractivity contribution in [1.29, 1.82) is 0 Å². The van der Waals surface area contributed by atoms with Crippen LogP contribution in [0.4, 0.5) is 0 Å². The Balaban J connectivity index is 1.41. The van der Waals surface area contributed by atoms with Gasteiger partial charge in [-0.15, -0.1) is 0 Å². The van der Waals surface area contributed by atoms with Gasteiger partial charge in [0.2, 0.25) is 17.6 Å². The number of carbonyl (C=O) groups excluding carboxylic acids is 1. The van der Waals surface area contributed by atoms with E-state index in [4.69, 9.17) is 4.52 Å². The van der Waals surface area contributed by atoms with Crippen LogP contribution in [-0.2, 0) is 11.3 Å². The third kappa shape index (κ3) is 3.97. The minimum Gasteiger partial charge on any atom is -0.342 e. The number of hydrogen-bond acceptors (Lipinski definition) is 5. The van der Waals surface area contributed by atoms with Crippen LogP contribution < -0.4 is 0 Å². The fourth-order valence-corrected chi connectivity index (χ4v) is 4.56. The largest absolute Gasteiger partial charge is 0.342 e. The number of nitrogens with zero attached hydrogens (tertiary/aromatic N) is 4. The molecule has 1 amide bonds. The Hall–Kier alpha value is -2.21. The molecule has 3 heterocycles. The second-order valence-corrected chi connectivity index (χ2v) is 9.51. The molecule has 0 N–H and O–H groups in total. The van der Waals surface area contributed by atoms with E-state index in [2.05, 4.69) is 40.7 Å². The van der Waals surface area contributed by atoms with Gasteiger partial charge in [-0.2, -0.15) is 4.98 Å². The fourth-order valence-electron chi connectivity index (χ4n) is 4.56. The number of amides is 1. The van der Waals surface area contributed by atoms with Gasteiger partial charge >= 0.3 is 0 Å². The summed E-state index contributed by atoms with van der Waals surface area (Å²) < 4.78 is 5.47. The van der Waals surface area contributed by atoms with Crippen LogP contribution in [0.15, 0.2) is 34.9 Å². The first-order chi connectivity index (χ1) is 13.3. The van der Waals surface area contributed by atoms with Crippen LogP contribution in [0.5, 0.6) is 0 Å². The molecule has 28 heavy (non-hydrogen) atoms. The van der Waals surface area contributed by atoms with Crippen molar-refractivity contribution in [2.24, 2.45) is 10.8 Å². The minimum atomic E-state index is -0.230. The van der Waals surface area contributed by atoms with Crippen LogP contribution in [0.2, 0.25) is 0 Å². The summed E-state index contributed by atoms with van der Waals surface area (Å²) in [6.45, 7) is 10.6. The number of likely N-dealkylation sites (tertiary alicyclic amines) is 2. The first kappa shape index (κ1) is 19.1. The molecular formula is C22H30N4O2. The molecule has 1 aromatic carbocycles. The third-order valence-electron chi connectivity index (χ3n) is 5.78. The summed E-state index contributed by atoms with van der Waals surface area (Å²) >= 11 is 0. The molecule has 2 fully saturated rings. The smallest absolute Gasteiger partial charge is 0.241 e. The summed E-state index contributed by atoms with van der Waals surface area (Å²) in [5.41, 5.74) is 0.853. The highest BCUT2D eigenvalue weighted by molar-refractivity contribution is 5.84. The van der Waals surface area contributed by atoms with Gasteiger partial charge in [-0.3, -0.25) is 9.69 Å². The number of piperidine rings is 1. The molecule has 2 aliphatic rings. The van der Waals surface area contributed by atoms with E-state index in [1.807, 2.05) is 30.3 Å². The lowest BCUT2D eigenvalue weighted by atomic mass is 9.77. The van der Waals surface area contributed by atoms with Crippen LogP contribution >= 0.6 is 0 Å². The molecule has 1 atom stereocenters. The molecule has 0 saturated carbocycles. The zero-order chi connectivity index (χ0) is 19.8. The van der Waals surface area contributed by atoms with Gasteiger partial charge in [0, 0.05) is 25.2 Å². The van der Waals surface area contributed by atoms with Crippen molar-refractivity contribution in [2.45, 2.75) is 46.6 Å². The van der Waals surface area contributed by atoms with E-state index in [0.29, 0.717) is 24.2 Å². The Morgan fingerprint density at radius 3 is 2.68 bits per heavy atom. The van der Waals surface area contributed by atoms with Crippen molar-refractivity contribution in [3.63, 3.8) is 0 Å². The molecule has 0 unspecified atom stereocenters. The second kappa shape index (κ2) is 7.32. The molecular weight excluding hydrogens is 352 g/mol. The summed E-state index contributed by atoms with van der Waals surface area (Å²) in [5, 5.41) is 4.11. The predicted molar refractivity (Wildman–Crippen MR) is 107 cm³/mol. The van der Waals surface area contributed by atoms with E-state index in [1.54, 1.807) is 0 Å². The molecule has 2 aromatic rings. The Morgan fingerprint density at radius 1 is 1.14 bits per heavy atom. The third-order valence-corrected chi connectivity index (χ3v) is 5.78. The lowest BCUT2D eigenvalue weighted by Crippen LogP contribution is -2.52. The first-order valence-electron chi connectivity index (χ1n) is 10.2. The Bertz CT molecular complexity index is 827. The summed E-state index contributed by atoms with van der Waals surface area (Å²) in [7, 11) is 0. The molecule has 2 saturated heterocycles. The molecule has 6 nitrogen and oxygen atoms in total. The normalized spacial score (nSPS) is 23.7. The van der Waals surface area contributed by atoms with Gasteiger partial charge in [-0.05, 0) is 31.2 Å². The van der Waals surface area contributed by atoms with E-state index in [9.17, 15) is 4.79 Å². The number of hydrogen-bond donors (Lipinski definition) is 0. The van der Waals surface area contributed by atoms with Crippen LogP contribution in [0.3, 0.4) is 0 Å². The maximum absolute atomic E-state index is 13.3. The molecule has 150 valence electrons. The molecule has 1 spiro atoms. The zero-order valence-corrected chi connectivity index (χ0v) is 17.1. The molecule has 0 aliphatic carbocycles. The standard InChI is InChI=1S/C22H30N4O2/c1-21(2,3)15-26-12-7-10-22(20(26)27)11-13-25(16-22)14-18-23-19(24-28-18)17-8-5-4-6-9-17/h4-6,8-9H,7,10-16H2,1-3H3/t22-/m0/s1. The fraction of sp³-hybridized carbons (Fsp3) is 0.591. The summed E-state index contributed by atoms with van der Waals surface area (Å²) in [5.74, 6) is 1.58. The van der Waals surface area contributed by atoms with Crippen molar-refractivity contribution in [2.75, 3.05) is 26.2 Å². The van der Waals surface area contributed by atoms with E-state index >= 15 is 0 Å². The predicted octanol–water partition coefficient (Wildman–Crippen LogP) is 3.60. The van der Waals surface area contributed by atoms with E-state index in [-0.39, 0.29) is 10.8 Å². The highest BCUT2D eigenvalue weighted by Gasteiger charge is 2.48. The zero-order valence-electron chi connectivity index (χ0n) is 17.1. The van der Waals surface area contributed by atoms with Gasteiger partial charge in [-0.25, -0.2) is 0 Å². The van der Waals surface area contributed by atoms with Crippen molar-refractivity contribution < 1.29 is 9.32 Å². The average Bonchev–Trinajstić information content (AvgIpc) is 3.27. The van der Waals surface area contributed by atoms with Gasteiger partial charge in [0.15, 0.2) is 0 Å². The number of benzene rings is 1. The summed E-state index contributed by atoms with van der Waals surface area (Å²) in [6, 6.07) is 9.85. The Labute approximate surface area is 166 Å². The number of rotatable bonds is 4. The van der Waals surface area contributed by atoms with E-state index in [1.165, 1.54) is 0 Å². The maximum Gasteiger partial charge on any atom is 0.241 e. The maximum atomic E-state index is 13.3. The number of aromatic nitrogens is 2. The van der Waals surface area contributed by atoms with Crippen LogP contribution in [-0.4, -0.2) is 52.0 Å². The highest BCUT2D eigenvalue weighted by atomic mass is 16.5. The van der Waals surface area contributed by atoms with Gasteiger partial charge in [0.1, 0.15) is 0 Å². The number of carbonyl (C=O) groups is 1. The van der Waals surface area contributed by atoms with E-state index in [0.717, 1.165) is 51.0 Å². The van der Waals surface area contributed by atoms with Crippen LogP contribution in [0.25, 0.3) is 11.4 Å². The molecule has 4 rings (SSSR count). The highest BCUT2D eigenvalue weighted by Crippen LogP contribution is 2.41. The lowest BCUT2D eigenvalue weighted by Gasteiger charge is -2.41. The van der Waals surface area contributed by atoms with E-state index < -0.39 is 0 Å². The van der Waals surface area contributed by atoms with Gasteiger partial charge in [0.25, 0.3) is 0 Å². The van der Waals surface area contributed by atoms with Crippen LogP contribution in [0, 0.1) is 10.8 Å². The van der Waals surface area contributed by atoms with Crippen molar-refractivity contribution in [1.82, 2.24) is 19.9 Å². The van der Waals surface area contributed by atoms with Gasteiger partial charge in [0.05, 0.1) is 12.0 Å². The quantitative estimate of drug-likeness (QED) is 0.808. The van der Waals surface area contributed by atoms with Gasteiger partial charge in [-0.1, -0.05) is 56.3 Å². The SMILES string of the molecule is CC(C)(C)CN1CCC[C@@]2(CCN(Cc3nc(-c4ccccc4)no3)C2)C1=O. The van der Waals surface area contributed by atoms with Crippen molar-refractivity contribution in [3.05, 3.63) is 36.2 Å². The van der Waals surface area contributed by atoms with Gasteiger partial charge < -0.3 is 9.42 Å². The topological polar surface area (TPSA) is 62.5 Å². The van der Waals surface area contributed by atoms with Crippen LogP contribution in [0.1, 0.15) is 45.9 Å².